The van der Waals surface area contributed by atoms with Crippen LogP contribution >= 0.6 is 0 Å². The van der Waals surface area contributed by atoms with Crippen molar-refractivity contribution in [2.45, 2.75) is 33.6 Å². The Morgan fingerprint density at radius 1 is 1.57 bits per heavy atom. The number of nitrogens with zero attached hydrogens (tertiary/aromatic N) is 1. The summed E-state index contributed by atoms with van der Waals surface area (Å²) in [7, 11) is 0. The fourth-order valence-electron chi connectivity index (χ4n) is 2.36. The first kappa shape index (κ1) is 9.50. The highest BCUT2D eigenvalue weighted by Crippen LogP contribution is 2.42. The van der Waals surface area contributed by atoms with Crippen molar-refractivity contribution in [1.82, 2.24) is 4.90 Å². The molecule has 0 atom stereocenters. The normalized spacial score (nSPS) is 24.1. The monoisotopic (exact) mass is 190 g/mol. The van der Waals surface area contributed by atoms with Gasteiger partial charge < -0.3 is 4.90 Å². The predicted octanol–water partition coefficient (Wildman–Crippen LogP) is 2.28. The lowest BCUT2D eigenvalue weighted by Gasteiger charge is -2.22. The van der Waals surface area contributed by atoms with Crippen LogP contribution in [0.15, 0.2) is 17.3 Å². The lowest BCUT2D eigenvalue weighted by Crippen LogP contribution is -2.29. The molecular formula is C12H16NO. The topological polar surface area (TPSA) is 20.3 Å². The molecule has 0 fully saturated rings. The molecule has 1 aliphatic carbocycles. The summed E-state index contributed by atoms with van der Waals surface area (Å²) in [5.41, 5.74) is 2.68. The zero-order valence-corrected chi connectivity index (χ0v) is 9.05. The Kier molecular flexibility index (Phi) is 2.02. The Balaban J connectivity index is 2.42. The summed E-state index contributed by atoms with van der Waals surface area (Å²) in [5, 5.41) is 0. The highest BCUT2D eigenvalue weighted by molar-refractivity contribution is 5.77. The van der Waals surface area contributed by atoms with E-state index in [9.17, 15) is 4.79 Å². The maximum absolute atomic E-state index is 11.4. The van der Waals surface area contributed by atoms with E-state index >= 15 is 0 Å². The summed E-state index contributed by atoms with van der Waals surface area (Å²) in [4.78, 5) is 13.3. The second-order valence-electron chi connectivity index (χ2n) is 4.70. The summed E-state index contributed by atoms with van der Waals surface area (Å²) in [6, 6.07) is 0. The standard InChI is InChI=1S/C12H16NO/c1-9(14)13-8-12(2,3)10-6-4-5-7-11(10)13/h7H,4,6,8H2,1-3H3. The van der Waals surface area contributed by atoms with E-state index in [0.717, 1.165) is 25.1 Å². The lowest BCUT2D eigenvalue weighted by atomic mass is 9.82. The summed E-state index contributed by atoms with van der Waals surface area (Å²) in [6.45, 7) is 6.88. The summed E-state index contributed by atoms with van der Waals surface area (Å²) >= 11 is 0. The van der Waals surface area contributed by atoms with Gasteiger partial charge in [-0.2, -0.15) is 0 Å². The molecule has 1 heterocycles. The van der Waals surface area contributed by atoms with Crippen LogP contribution in [0.1, 0.15) is 33.6 Å². The number of carbonyl (C=O) groups is 1. The number of rotatable bonds is 0. The molecule has 0 aromatic rings. The SMILES string of the molecule is CC(=O)N1CC(C)(C)C2=C1C=[C]CC2. The van der Waals surface area contributed by atoms with Gasteiger partial charge in [-0.25, -0.2) is 0 Å². The minimum absolute atomic E-state index is 0.142. The van der Waals surface area contributed by atoms with Gasteiger partial charge in [-0.1, -0.05) is 13.8 Å². The molecule has 2 aliphatic rings. The van der Waals surface area contributed by atoms with E-state index in [1.54, 1.807) is 6.92 Å². The Bertz CT molecular complexity index is 336. The summed E-state index contributed by atoms with van der Waals surface area (Å²) < 4.78 is 0. The van der Waals surface area contributed by atoms with Gasteiger partial charge in [0.2, 0.25) is 5.91 Å². The van der Waals surface area contributed by atoms with E-state index in [0.29, 0.717) is 0 Å². The van der Waals surface area contributed by atoms with Crippen molar-refractivity contribution in [3.05, 3.63) is 23.4 Å². The Morgan fingerprint density at radius 2 is 2.29 bits per heavy atom. The molecule has 0 saturated heterocycles. The van der Waals surface area contributed by atoms with Crippen molar-refractivity contribution >= 4 is 5.91 Å². The van der Waals surface area contributed by atoms with Crippen LogP contribution in [0.25, 0.3) is 0 Å². The molecule has 0 saturated carbocycles. The molecule has 14 heavy (non-hydrogen) atoms. The third-order valence-corrected chi connectivity index (χ3v) is 3.11. The molecule has 1 amide bonds. The largest absolute Gasteiger partial charge is 0.312 e. The molecule has 0 unspecified atom stereocenters. The van der Waals surface area contributed by atoms with Gasteiger partial charge in [0, 0.05) is 24.6 Å². The zero-order chi connectivity index (χ0) is 10.3. The van der Waals surface area contributed by atoms with Gasteiger partial charge in [-0.3, -0.25) is 4.79 Å². The van der Waals surface area contributed by atoms with Crippen molar-refractivity contribution in [3.8, 4) is 0 Å². The molecular weight excluding hydrogens is 174 g/mol. The molecule has 0 aromatic heterocycles. The minimum atomic E-state index is 0.142. The van der Waals surface area contributed by atoms with Crippen molar-refractivity contribution < 1.29 is 4.79 Å². The van der Waals surface area contributed by atoms with E-state index in [4.69, 9.17) is 0 Å². The number of hydrogen-bond donors (Lipinski definition) is 0. The third-order valence-electron chi connectivity index (χ3n) is 3.11. The number of carbonyl (C=O) groups excluding carboxylic acids is 1. The van der Waals surface area contributed by atoms with Crippen molar-refractivity contribution in [1.29, 1.82) is 0 Å². The maximum atomic E-state index is 11.4. The number of allylic oxidation sites excluding steroid dienone is 2. The van der Waals surface area contributed by atoms with Gasteiger partial charge in [0.1, 0.15) is 0 Å². The van der Waals surface area contributed by atoms with E-state index < -0.39 is 0 Å². The van der Waals surface area contributed by atoms with Crippen LogP contribution in [0.2, 0.25) is 0 Å². The molecule has 2 heteroatoms. The fourth-order valence-corrected chi connectivity index (χ4v) is 2.36. The van der Waals surface area contributed by atoms with Gasteiger partial charge >= 0.3 is 0 Å². The first-order chi connectivity index (χ1) is 6.52. The van der Waals surface area contributed by atoms with Crippen molar-refractivity contribution in [2.75, 3.05) is 6.54 Å². The van der Waals surface area contributed by atoms with E-state index in [-0.39, 0.29) is 11.3 Å². The van der Waals surface area contributed by atoms with Crippen molar-refractivity contribution in [3.63, 3.8) is 0 Å². The zero-order valence-electron chi connectivity index (χ0n) is 9.05. The third kappa shape index (κ3) is 1.29. The molecule has 1 aliphatic heterocycles. The van der Waals surface area contributed by atoms with Crippen LogP contribution in [-0.2, 0) is 4.79 Å². The second kappa shape index (κ2) is 2.97. The molecule has 2 nitrogen and oxygen atoms in total. The van der Waals surface area contributed by atoms with Gasteiger partial charge in [0.25, 0.3) is 0 Å². The number of hydrogen-bond acceptors (Lipinski definition) is 1. The van der Waals surface area contributed by atoms with Crippen LogP contribution < -0.4 is 0 Å². The van der Waals surface area contributed by atoms with Crippen LogP contribution in [0.4, 0.5) is 0 Å². The molecule has 0 spiro atoms. The second-order valence-corrected chi connectivity index (χ2v) is 4.70. The van der Waals surface area contributed by atoms with Gasteiger partial charge in [0.15, 0.2) is 0 Å². The van der Waals surface area contributed by atoms with Crippen LogP contribution in [0.5, 0.6) is 0 Å². The van der Waals surface area contributed by atoms with E-state index in [1.807, 2.05) is 11.0 Å². The Labute approximate surface area is 85.3 Å². The molecule has 0 N–H and O–H groups in total. The van der Waals surface area contributed by atoms with E-state index in [1.165, 1.54) is 5.57 Å². The minimum Gasteiger partial charge on any atom is -0.312 e. The first-order valence-corrected chi connectivity index (χ1v) is 5.11. The van der Waals surface area contributed by atoms with Crippen LogP contribution in [-0.4, -0.2) is 17.4 Å². The highest BCUT2D eigenvalue weighted by atomic mass is 16.2. The molecule has 0 bridgehead atoms. The smallest absolute Gasteiger partial charge is 0.223 e. The van der Waals surface area contributed by atoms with Gasteiger partial charge in [-0.05, 0) is 30.6 Å². The molecule has 2 rings (SSSR count). The quantitative estimate of drug-likeness (QED) is 0.574. The average molecular weight is 190 g/mol. The number of amides is 1. The average Bonchev–Trinajstić information content (AvgIpc) is 2.40. The van der Waals surface area contributed by atoms with E-state index in [2.05, 4.69) is 19.9 Å². The Morgan fingerprint density at radius 3 is 2.93 bits per heavy atom. The summed E-state index contributed by atoms with van der Waals surface area (Å²) in [6.07, 6.45) is 7.24. The van der Waals surface area contributed by atoms with Crippen LogP contribution in [0.3, 0.4) is 0 Å². The van der Waals surface area contributed by atoms with Crippen molar-refractivity contribution in [2.24, 2.45) is 5.41 Å². The van der Waals surface area contributed by atoms with Gasteiger partial charge in [-0.15, -0.1) is 0 Å². The van der Waals surface area contributed by atoms with Crippen LogP contribution in [0, 0.1) is 11.5 Å². The predicted molar refractivity (Wildman–Crippen MR) is 55.2 cm³/mol. The molecule has 1 radical (unpaired) electrons. The first-order valence-electron chi connectivity index (χ1n) is 5.11. The lowest BCUT2D eigenvalue weighted by molar-refractivity contribution is -0.126. The molecule has 75 valence electrons. The molecule has 0 aromatic carbocycles. The van der Waals surface area contributed by atoms with Gasteiger partial charge in [0.05, 0.1) is 0 Å². The maximum Gasteiger partial charge on any atom is 0.223 e. The fraction of sp³-hybridized carbons (Fsp3) is 0.583. The highest BCUT2D eigenvalue weighted by Gasteiger charge is 2.38. The Hall–Kier alpha value is -1.05. The summed E-state index contributed by atoms with van der Waals surface area (Å²) in [5.74, 6) is 0.142.